The summed E-state index contributed by atoms with van der Waals surface area (Å²) < 4.78 is 0. The van der Waals surface area contributed by atoms with Gasteiger partial charge in [0.15, 0.2) is 0 Å². The van der Waals surface area contributed by atoms with Crippen molar-refractivity contribution in [2.45, 2.75) is 64.2 Å². The molecule has 1 saturated carbocycles. The molecule has 0 N–H and O–H groups in total. The predicted octanol–water partition coefficient (Wildman–Crippen LogP) is 4.61. The summed E-state index contributed by atoms with van der Waals surface area (Å²) in [7, 11) is 0. The maximum atomic E-state index is 6.27. The van der Waals surface area contributed by atoms with E-state index in [0.717, 1.165) is 11.8 Å². The highest BCUT2D eigenvalue weighted by molar-refractivity contribution is 6.20. The van der Waals surface area contributed by atoms with Crippen LogP contribution >= 0.6 is 11.6 Å². The first-order chi connectivity index (χ1) is 6.27. The van der Waals surface area contributed by atoms with E-state index < -0.39 is 0 Å². The van der Waals surface area contributed by atoms with Gasteiger partial charge in [0.2, 0.25) is 0 Å². The lowest BCUT2D eigenvalue weighted by molar-refractivity contribution is 0.283. The van der Waals surface area contributed by atoms with Crippen LogP contribution in [0.15, 0.2) is 0 Å². The Hall–Kier alpha value is 0.290. The molecule has 2 atom stereocenters. The molecule has 0 bridgehead atoms. The maximum Gasteiger partial charge on any atom is 0.0338 e. The molecule has 0 radical (unpaired) electrons. The van der Waals surface area contributed by atoms with Crippen molar-refractivity contribution >= 4 is 11.6 Å². The van der Waals surface area contributed by atoms with E-state index in [0.29, 0.717) is 5.38 Å². The standard InChI is InChI=1S/C12H23Cl/c1-3-10(4-2)11-7-5-6-8-12(13)9-11/h10-12H,3-9H2,1-2H3. The topological polar surface area (TPSA) is 0 Å². The molecule has 1 heteroatoms. The highest BCUT2D eigenvalue weighted by atomic mass is 35.5. The van der Waals surface area contributed by atoms with E-state index in [2.05, 4.69) is 13.8 Å². The fourth-order valence-corrected chi connectivity index (χ4v) is 3.10. The zero-order chi connectivity index (χ0) is 9.68. The van der Waals surface area contributed by atoms with Crippen molar-refractivity contribution < 1.29 is 0 Å². The highest BCUT2D eigenvalue weighted by Crippen LogP contribution is 2.34. The fraction of sp³-hybridized carbons (Fsp3) is 1.00. The van der Waals surface area contributed by atoms with Gasteiger partial charge in [0.1, 0.15) is 0 Å². The molecule has 2 unspecified atom stereocenters. The molecule has 0 aromatic rings. The minimum absolute atomic E-state index is 0.466. The van der Waals surface area contributed by atoms with Crippen LogP contribution in [0, 0.1) is 11.8 Å². The molecule has 1 aliphatic carbocycles. The van der Waals surface area contributed by atoms with E-state index in [1.165, 1.54) is 44.9 Å². The first kappa shape index (κ1) is 11.4. The maximum absolute atomic E-state index is 6.27. The summed E-state index contributed by atoms with van der Waals surface area (Å²) in [5, 5.41) is 0.466. The van der Waals surface area contributed by atoms with Crippen LogP contribution in [0.25, 0.3) is 0 Å². The number of hydrogen-bond donors (Lipinski definition) is 0. The van der Waals surface area contributed by atoms with Crippen molar-refractivity contribution in [2.75, 3.05) is 0 Å². The van der Waals surface area contributed by atoms with Crippen molar-refractivity contribution in [3.63, 3.8) is 0 Å². The summed E-state index contributed by atoms with van der Waals surface area (Å²) in [5.41, 5.74) is 0. The predicted molar refractivity (Wildman–Crippen MR) is 60.3 cm³/mol. The van der Waals surface area contributed by atoms with Gasteiger partial charge in [-0.15, -0.1) is 11.6 Å². The van der Waals surface area contributed by atoms with Crippen LogP contribution in [0.3, 0.4) is 0 Å². The first-order valence-electron chi connectivity index (χ1n) is 5.92. The van der Waals surface area contributed by atoms with Gasteiger partial charge in [0.05, 0.1) is 0 Å². The lowest BCUT2D eigenvalue weighted by Crippen LogP contribution is -2.15. The SMILES string of the molecule is CCC(CC)C1CCCCC(Cl)C1. The van der Waals surface area contributed by atoms with Gasteiger partial charge in [-0.05, 0) is 24.7 Å². The van der Waals surface area contributed by atoms with E-state index in [1.54, 1.807) is 0 Å². The van der Waals surface area contributed by atoms with Crippen molar-refractivity contribution in [3.8, 4) is 0 Å². The average molecular weight is 203 g/mol. The Bertz CT molecular complexity index is 129. The van der Waals surface area contributed by atoms with Gasteiger partial charge >= 0.3 is 0 Å². The Morgan fingerprint density at radius 2 is 1.77 bits per heavy atom. The van der Waals surface area contributed by atoms with Crippen LogP contribution in [-0.4, -0.2) is 5.38 Å². The summed E-state index contributed by atoms with van der Waals surface area (Å²) in [6.07, 6.45) is 9.38. The van der Waals surface area contributed by atoms with Crippen LogP contribution in [-0.2, 0) is 0 Å². The molecule has 1 aliphatic rings. The Balaban J connectivity index is 2.45. The second kappa shape index (κ2) is 5.90. The largest absolute Gasteiger partial charge is 0.123 e. The van der Waals surface area contributed by atoms with E-state index in [4.69, 9.17) is 11.6 Å². The zero-order valence-corrected chi connectivity index (χ0v) is 9.82. The normalized spacial score (nSPS) is 30.5. The van der Waals surface area contributed by atoms with Gasteiger partial charge < -0.3 is 0 Å². The molecule has 1 fully saturated rings. The van der Waals surface area contributed by atoms with Crippen molar-refractivity contribution in [3.05, 3.63) is 0 Å². The van der Waals surface area contributed by atoms with E-state index in [9.17, 15) is 0 Å². The van der Waals surface area contributed by atoms with Gasteiger partial charge in [-0.3, -0.25) is 0 Å². The average Bonchev–Trinajstić information content (AvgIpc) is 2.32. The third-order valence-electron chi connectivity index (χ3n) is 3.62. The first-order valence-corrected chi connectivity index (χ1v) is 6.35. The number of hydrogen-bond acceptors (Lipinski definition) is 0. The second-order valence-electron chi connectivity index (χ2n) is 4.45. The van der Waals surface area contributed by atoms with E-state index >= 15 is 0 Å². The van der Waals surface area contributed by atoms with E-state index in [1.807, 2.05) is 0 Å². The quantitative estimate of drug-likeness (QED) is 0.463. The summed E-state index contributed by atoms with van der Waals surface area (Å²) >= 11 is 6.27. The molecule has 13 heavy (non-hydrogen) atoms. The van der Waals surface area contributed by atoms with Crippen LogP contribution in [0.5, 0.6) is 0 Å². The second-order valence-corrected chi connectivity index (χ2v) is 5.07. The van der Waals surface area contributed by atoms with Crippen LogP contribution in [0.4, 0.5) is 0 Å². The molecule has 78 valence electrons. The number of rotatable bonds is 3. The molecule has 0 aliphatic heterocycles. The highest BCUT2D eigenvalue weighted by Gasteiger charge is 2.23. The van der Waals surface area contributed by atoms with Crippen molar-refractivity contribution in [2.24, 2.45) is 11.8 Å². The van der Waals surface area contributed by atoms with Crippen molar-refractivity contribution in [1.29, 1.82) is 0 Å². The molecule has 0 nitrogen and oxygen atoms in total. The molecule has 0 saturated heterocycles. The lowest BCUT2D eigenvalue weighted by Gasteiger charge is -2.24. The number of halogens is 1. The van der Waals surface area contributed by atoms with Gasteiger partial charge in [-0.1, -0.05) is 46.0 Å². The third kappa shape index (κ3) is 3.50. The summed E-state index contributed by atoms with van der Waals surface area (Å²) in [6, 6.07) is 0. The molecular weight excluding hydrogens is 180 g/mol. The molecule has 0 aromatic carbocycles. The Morgan fingerprint density at radius 3 is 2.38 bits per heavy atom. The lowest BCUT2D eigenvalue weighted by atomic mass is 9.83. The van der Waals surface area contributed by atoms with Gasteiger partial charge in [-0.25, -0.2) is 0 Å². The minimum atomic E-state index is 0.466. The summed E-state index contributed by atoms with van der Waals surface area (Å²) in [6.45, 7) is 4.64. The zero-order valence-electron chi connectivity index (χ0n) is 9.06. The number of alkyl halides is 1. The summed E-state index contributed by atoms with van der Waals surface area (Å²) in [4.78, 5) is 0. The Labute approximate surface area is 88.1 Å². The van der Waals surface area contributed by atoms with Crippen LogP contribution in [0.2, 0.25) is 0 Å². The molecule has 0 heterocycles. The smallest absolute Gasteiger partial charge is 0.0338 e. The van der Waals surface area contributed by atoms with Crippen molar-refractivity contribution in [1.82, 2.24) is 0 Å². The fourth-order valence-electron chi connectivity index (χ4n) is 2.72. The minimum Gasteiger partial charge on any atom is -0.123 e. The molecule has 1 rings (SSSR count). The Kier molecular flexibility index (Phi) is 5.16. The molecule has 0 aromatic heterocycles. The van der Waals surface area contributed by atoms with E-state index in [-0.39, 0.29) is 0 Å². The molecule has 0 amide bonds. The van der Waals surface area contributed by atoms with Gasteiger partial charge in [0.25, 0.3) is 0 Å². The van der Waals surface area contributed by atoms with Gasteiger partial charge in [-0.2, -0.15) is 0 Å². The van der Waals surface area contributed by atoms with Crippen LogP contribution in [0.1, 0.15) is 58.8 Å². The third-order valence-corrected chi connectivity index (χ3v) is 4.01. The Morgan fingerprint density at radius 1 is 1.15 bits per heavy atom. The van der Waals surface area contributed by atoms with Gasteiger partial charge in [0, 0.05) is 5.38 Å². The monoisotopic (exact) mass is 202 g/mol. The molecular formula is C12H23Cl. The van der Waals surface area contributed by atoms with Crippen LogP contribution < -0.4 is 0 Å². The molecule has 0 spiro atoms. The summed E-state index contributed by atoms with van der Waals surface area (Å²) in [5.74, 6) is 1.85.